The predicted octanol–water partition coefficient (Wildman–Crippen LogP) is 1.83. The summed E-state index contributed by atoms with van der Waals surface area (Å²) < 4.78 is 11.0. The zero-order valence-corrected chi connectivity index (χ0v) is 11.1. The Morgan fingerprint density at radius 1 is 1.17 bits per heavy atom. The number of nitrogens with two attached hydrogens (primary N) is 1. The summed E-state index contributed by atoms with van der Waals surface area (Å²) in [7, 11) is 3.31. The first kappa shape index (κ1) is 13.2. The minimum absolute atomic E-state index is 0.300. The van der Waals surface area contributed by atoms with Crippen LogP contribution in [0.15, 0.2) is 12.4 Å². The van der Waals surface area contributed by atoms with Crippen LogP contribution in [0.1, 0.15) is 43.8 Å². The summed E-state index contributed by atoms with van der Waals surface area (Å²) in [6, 6.07) is -0.300. The molecule has 1 fully saturated rings. The molecule has 0 saturated heterocycles. The maximum atomic E-state index is 6.38. The van der Waals surface area contributed by atoms with E-state index < -0.39 is 0 Å². The Balaban J connectivity index is 2.30. The summed E-state index contributed by atoms with van der Waals surface area (Å²) in [5.41, 5.74) is 6.74. The Morgan fingerprint density at radius 3 is 2.44 bits per heavy atom. The third-order valence-corrected chi connectivity index (χ3v) is 3.85. The molecule has 100 valence electrons. The van der Waals surface area contributed by atoms with Crippen molar-refractivity contribution in [2.24, 2.45) is 5.73 Å². The van der Waals surface area contributed by atoms with Crippen LogP contribution in [0, 0.1) is 0 Å². The summed E-state index contributed by atoms with van der Waals surface area (Å²) in [6.07, 6.45) is 8.71. The Labute approximate surface area is 108 Å². The van der Waals surface area contributed by atoms with Gasteiger partial charge in [-0.05, 0) is 12.8 Å². The van der Waals surface area contributed by atoms with E-state index in [-0.39, 0.29) is 11.6 Å². The maximum absolute atomic E-state index is 6.38. The van der Waals surface area contributed by atoms with Gasteiger partial charge in [0.15, 0.2) is 0 Å². The van der Waals surface area contributed by atoms with E-state index >= 15 is 0 Å². The molecule has 0 bridgehead atoms. The number of hydrogen-bond acceptors (Lipinski definition) is 5. The molecule has 1 aromatic heterocycles. The number of aromatic nitrogens is 2. The van der Waals surface area contributed by atoms with E-state index in [4.69, 9.17) is 15.2 Å². The fourth-order valence-electron chi connectivity index (χ4n) is 2.75. The summed E-state index contributed by atoms with van der Waals surface area (Å²) in [5, 5.41) is 0. The third-order valence-electron chi connectivity index (χ3n) is 3.85. The Bertz CT molecular complexity index is 392. The molecule has 1 aromatic rings. The van der Waals surface area contributed by atoms with Crippen LogP contribution >= 0.6 is 0 Å². The fraction of sp³-hybridized carbons (Fsp3) is 0.692. The molecule has 0 radical (unpaired) electrons. The van der Waals surface area contributed by atoms with Gasteiger partial charge in [-0.1, -0.05) is 19.3 Å². The van der Waals surface area contributed by atoms with Crippen molar-refractivity contribution in [3.63, 3.8) is 0 Å². The van der Waals surface area contributed by atoms with Crippen LogP contribution in [0.3, 0.4) is 0 Å². The molecular weight excluding hydrogens is 230 g/mol. The molecule has 2 N–H and O–H groups in total. The molecule has 5 heteroatoms. The van der Waals surface area contributed by atoms with Crippen molar-refractivity contribution in [1.82, 2.24) is 9.97 Å². The van der Waals surface area contributed by atoms with Crippen LogP contribution in [0.4, 0.5) is 0 Å². The molecule has 1 heterocycles. The number of methoxy groups -OCH3 is 2. The standard InChI is InChI=1S/C13H21N3O2/c1-17-12-10(15-8-9-16-12)11(14)13(18-2)6-4-3-5-7-13/h8-9,11H,3-7,14H2,1-2H3. The van der Waals surface area contributed by atoms with E-state index in [2.05, 4.69) is 9.97 Å². The van der Waals surface area contributed by atoms with Crippen molar-refractivity contribution in [2.75, 3.05) is 14.2 Å². The van der Waals surface area contributed by atoms with Crippen molar-refractivity contribution in [3.05, 3.63) is 18.1 Å². The lowest BCUT2D eigenvalue weighted by molar-refractivity contribution is -0.0609. The highest BCUT2D eigenvalue weighted by molar-refractivity contribution is 5.24. The fourth-order valence-corrected chi connectivity index (χ4v) is 2.75. The number of nitrogens with zero attached hydrogens (tertiary/aromatic N) is 2. The normalized spacial score (nSPS) is 20.4. The first-order chi connectivity index (χ1) is 8.73. The Kier molecular flexibility index (Phi) is 4.14. The van der Waals surface area contributed by atoms with Crippen LogP contribution in [0.5, 0.6) is 5.88 Å². The van der Waals surface area contributed by atoms with Gasteiger partial charge in [0.05, 0.1) is 18.8 Å². The molecule has 1 unspecified atom stereocenters. The van der Waals surface area contributed by atoms with Gasteiger partial charge in [0, 0.05) is 19.5 Å². The lowest BCUT2D eigenvalue weighted by Gasteiger charge is -2.40. The van der Waals surface area contributed by atoms with E-state index in [9.17, 15) is 0 Å². The highest BCUT2D eigenvalue weighted by atomic mass is 16.5. The van der Waals surface area contributed by atoms with Gasteiger partial charge >= 0.3 is 0 Å². The SMILES string of the molecule is COc1nccnc1C(N)C1(OC)CCCCC1. The van der Waals surface area contributed by atoms with Gasteiger partial charge < -0.3 is 15.2 Å². The number of rotatable bonds is 4. The average molecular weight is 251 g/mol. The van der Waals surface area contributed by atoms with Gasteiger partial charge in [-0.2, -0.15) is 0 Å². The van der Waals surface area contributed by atoms with Crippen molar-refractivity contribution in [3.8, 4) is 5.88 Å². The Hall–Kier alpha value is -1.20. The zero-order valence-electron chi connectivity index (χ0n) is 11.1. The topological polar surface area (TPSA) is 70.3 Å². The van der Waals surface area contributed by atoms with E-state index in [0.717, 1.165) is 25.7 Å². The second-order valence-electron chi connectivity index (χ2n) is 4.76. The lowest BCUT2D eigenvalue weighted by Crippen LogP contribution is -2.45. The van der Waals surface area contributed by atoms with Crippen molar-refractivity contribution >= 4 is 0 Å². The van der Waals surface area contributed by atoms with E-state index in [1.165, 1.54) is 6.42 Å². The molecule has 1 saturated carbocycles. The number of hydrogen-bond donors (Lipinski definition) is 1. The van der Waals surface area contributed by atoms with Gasteiger partial charge in [-0.25, -0.2) is 4.98 Å². The summed E-state index contributed by atoms with van der Waals surface area (Å²) in [6.45, 7) is 0. The monoisotopic (exact) mass is 251 g/mol. The average Bonchev–Trinajstić information content (AvgIpc) is 2.47. The second-order valence-corrected chi connectivity index (χ2v) is 4.76. The lowest BCUT2D eigenvalue weighted by atomic mass is 9.78. The first-order valence-electron chi connectivity index (χ1n) is 6.39. The van der Waals surface area contributed by atoms with Crippen molar-refractivity contribution < 1.29 is 9.47 Å². The minimum Gasteiger partial charge on any atom is -0.480 e. The van der Waals surface area contributed by atoms with E-state index in [1.807, 2.05) is 0 Å². The molecule has 18 heavy (non-hydrogen) atoms. The molecule has 2 rings (SSSR count). The van der Waals surface area contributed by atoms with Crippen molar-refractivity contribution in [1.29, 1.82) is 0 Å². The van der Waals surface area contributed by atoms with Crippen LogP contribution in [-0.2, 0) is 4.74 Å². The summed E-state index contributed by atoms with van der Waals surface area (Å²) in [5.74, 6) is 0.493. The molecule has 0 aromatic carbocycles. The van der Waals surface area contributed by atoms with Crippen LogP contribution in [0.25, 0.3) is 0 Å². The van der Waals surface area contributed by atoms with Gasteiger partial charge in [0.2, 0.25) is 5.88 Å². The van der Waals surface area contributed by atoms with Crippen LogP contribution in [-0.4, -0.2) is 29.8 Å². The molecule has 0 spiro atoms. The van der Waals surface area contributed by atoms with Gasteiger partial charge in [0.25, 0.3) is 0 Å². The van der Waals surface area contributed by atoms with Crippen molar-refractivity contribution in [2.45, 2.75) is 43.7 Å². The zero-order chi connectivity index (χ0) is 13.0. The molecule has 0 amide bonds. The second kappa shape index (κ2) is 5.63. The van der Waals surface area contributed by atoms with Gasteiger partial charge in [-0.3, -0.25) is 4.98 Å². The first-order valence-corrected chi connectivity index (χ1v) is 6.39. The van der Waals surface area contributed by atoms with Crippen LogP contribution in [0.2, 0.25) is 0 Å². The molecule has 1 atom stereocenters. The predicted molar refractivity (Wildman–Crippen MR) is 68.3 cm³/mol. The van der Waals surface area contributed by atoms with Gasteiger partial charge in [0.1, 0.15) is 5.69 Å². The quantitative estimate of drug-likeness (QED) is 0.884. The molecule has 1 aliphatic carbocycles. The molecule has 1 aliphatic rings. The highest BCUT2D eigenvalue weighted by Crippen LogP contribution is 2.40. The maximum Gasteiger partial charge on any atom is 0.237 e. The smallest absolute Gasteiger partial charge is 0.237 e. The van der Waals surface area contributed by atoms with E-state index in [0.29, 0.717) is 11.6 Å². The third kappa shape index (κ3) is 2.33. The van der Waals surface area contributed by atoms with Crippen LogP contribution < -0.4 is 10.5 Å². The highest BCUT2D eigenvalue weighted by Gasteiger charge is 2.41. The largest absolute Gasteiger partial charge is 0.480 e. The van der Waals surface area contributed by atoms with E-state index in [1.54, 1.807) is 26.6 Å². The molecular formula is C13H21N3O2. The van der Waals surface area contributed by atoms with Gasteiger partial charge in [-0.15, -0.1) is 0 Å². The minimum atomic E-state index is -0.332. The number of ether oxygens (including phenoxy) is 2. The molecule has 0 aliphatic heterocycles. The summed E-state index contributed by atoms with van der Waals surface area (Å²) in [4.78, 5) is 8.48. The summed E-state index contributed by atoms with van der Waals surface area (Å²) >= 11 is 0. The molecule has 5 nitrogen and oxygen atoms in total. The Morgan fingerprint density at radius 2 is 1.83 bits per heavy atom.